The average molecular weight is 407 g/mol. The molecule has 0 bridgehead atoms. The zero-order valence-electron chi connectivity index (χ0n) is 16.0. The molecule has 0 amide bonds. The second-order valence-electron chi connectivity index (χ2n) is 6.84. The number of rotatable bonds is 5. The van der Waals surface area contributed by atoms with Crippen LogP contribution < -0.4 is 0 Å². The fraction of sp³-hybridized carbons (Fsp3) is 0.300. The van der Waals surface area contributed by atoms with Gasteiger partial charge in [-0.2, -0.15) is 0 Å². The summed E-state index contributed by atoms with van der Waals surface area (Å²) in [6, 6.07) is 11.0. The molecular formula is C20H23FN2O2S2. The van der Waals surface area contributed by atoms with Crippen molar-refractivity contribution in [1.82, 2.24) is 8.87 Å². The van der Waals surface area contributed by atoms with Gasteiger partial charge in [-0.05, 0) is 65.2 Å². The van der Waals surface area contributed by atoms with E-state index in [-0.39, 0.29) is 16.1 Å². The van der Waals surface area contributed by atoms with Gasteiger partial charge in [0, 0.05) is 16.0 Å². The van der Waals surface area contributed by atoms with Gasteiger partial charge in [-0.3, -0.25) is 4.90 Å². The summed E-state index contributed by atoms with van der Waals surface area (Å²) in [6.45, 7) is 5.71. The topological polar surface area (TPSA) is 42.3 Å². The van der Waals surface area contributed by atoms with Crippen LogP contribution in [-0.4, -0.2) is 36.8 Å². The Balaban J connectivity index is 2.27. The summed E-state index contributed by atoms with van der Waals surface area (Å²) in [4.78, 5) is 3.03. The highest BCUT2D eigenvalue weighted by Gasteiger charge is 2.26. The minimum absolute atomic E-state index is 0.105. The third-order valence-electron chi connectivity index (χ3n) is 4.63. The predicted molar refractivity (Wildman–Crippen MR) is 109 cm³/mol. The number of aryl methyl sites for hydroxylation is 1. The first-order valence-corrected chi connectivity index (χ1v) is 10.9. The maximum absolute atomic E-state index is 13.9. The summed E-state index contributed by atoms with van der Waals surface area (Å²) < 4.78 is 42.0. The van der Waals surface area contributed by atoms with Crippen LogP contribution in [0.25, 0.3) is 10.9 Å². The third kappa shape index (κ3) is 3.63. The average Bonchev–Trinajstić information content (AvgIpc) is 2.87. The molecule has 0 aliphatic rings. The first-order chi connectivity index (χ1) is 12.6. The van der Waals surface area contributed by atoms with Gasteiger partial charge in [0.05, 0.1) is 15.8 Å². The molecule has 144 valence electrons. The number of fused-ring (bicyclic) bond motifs is 1. The molecule has 0 fully saturated rings. The van der Waals surface area contributed by atoms with Crippen molar-refractivity contribution in [2.24, 2.45) is 0 Å². The first-order valence-electron chi connectivity index (χ1n) is 8.59. The quantitative estimate of drug-likeness (QED) is 0.457. The summed E-state index contributed by atoms with van der Waals surface area (Å²) >= 11 is 1.53. The molecule has 1 unspecified atom stereocenters. The monoisotopic (exact) mass is 406 g/mol. The summed E-state index contributed by atoms with van der Waals surface area (Å²) in [5, 5.41) is 0.718. The molecule has 0 aliphatic heterocycles. The number of halogens is 1. The Hall–Kier alpha value is -1.83. The number of benzene rings is 2. The van der Waals surface area contributed by atoms with Crippen molar-refractivity contribution in [2.75, 3.05) is 14.1 Å². The Labute approximate surface area is 164 Å². The van der Waals surface area contributed by atoms with Crippen molar-refractivity contribution in [3.63, 3.8) is 0 Å². The van der Waals surface area contributed by atoms with Gasteiger partial charge in [0.1, 0.15) is 5.82 Å². The van der Waals surface area contributed by atoms with Crippen LogP contribution in [0.15, 0.2) is 52.3 Å². The molecule has 1 heterocycles. The van der Waals surface area contributed by atoms with E-state index in [4.69, 9.17) is 0 Å². The summed E-state index contributed by atoms with van der Waals surface area (Å²) in [5.41, 5.74) is 2.07. The Bertz CT molecular complexity index is 1090. The normalized spacial score (nSPS) is 13.4. The maximum atomic E-state index is 13.9. The van der Waals surface area contributed by atoms with Gasteiger partial charge in [0.25, 0.3) is 10.0 Å². The first kappa shape index (κ1) is 19.9. The standard InChI is InChI=1S/C20H23FN2O2S2/c1-13-6-9-17(10-7-13)27(24,25)23-14(2)20(26-15(3)22(4)5)18-12-16(21)8-11-19(18)23/h6-12,15H,1-5H3. The van der Waals surface area contributed by atoms with Crippen LogP contribution >= 0.6 is 11.8 Å². The molecule has 7 heteroatoms. The highest BCUT2D eigenvalue weighted by molar-refractivity contribution is 8.00. The van der Waals surface area contributed by atoms with Gasteiger partial charge in [-0.15, -0.1) is 11.8 Å². The lowest BCUT2D eigenvalue weighted by Crippen LogP contribution is -2.21. The van der Waals surface area contributed by atoms with Gasteiger partial charge in [-0.1, -0.05) is 17.7 Å². The molecule has 0 N–H and O–H groups in total. The minimum Gasteiger partial charge on any atom is -0.298 e. The lowest BCUT2D eigenvalue weighted by Gasteiger charge is -2.19. The largest absolute Gasteiger partial charge is 0.298 e. The number of hydrogen-bond acceptors (Lipinski definition) is 4. The van der Waals surface area contributed by atoms with E-state index in [0.29, 0.717) is 16.6 Å². The number of hydrogen-bond donors (Lipinski definition) is 0. The zero-order chi connectivity index (χ0) is 19.9. The van der Waals surface area contributed by atoms with Crippen molar-refractivity contribution in [1.29, 1.82) is 0 Å². The second kappa shape index (κ2) is 7.30. The highest BCUT2D eigenvalue weighted by Crippen LogP contribution is 2.38. The van der Waals surface area contributed by atoms with Gasteiger partial charge in [0.15, 0.2) is 0 Å². The van der Waals surface area contributed by atoms with E-state index in [1.165, 1.54) is 33.9 Å². The molecule has 4 nitrogen and oxygen atoms in total. The van der Waals surface area contributed by atoms with Gasteiger partial charge in [0.2, 0.25) is 0 Å². The smallest absolute Gasteiger partial charge is 0.268 e. The summed E-state index contributed by atoms with van der Waals surface area (Å²) in [7, 11) is 0.115. The Morgan fingerprint density at radius 1 is 1.07 bits per heavy atom. The van der Waals surface area contributed by atoms with Crippen molar-refractivity contribution in [3.8, 4) is 0 Å². The summed E-state index contributed by atoms with van der Waals surface area (Å²) in [5.74, 6) is -0.383. The van der Waals surface area contributed by atoms with E-state index in [1.54, 1.807) is 31.2 Å². The molecule has 1 atom stereocenters. The Morgan fingerprint density at radius 2 is 1.70 bits per heavy atom. The SMILES string of the molecule is Cc1ccc(S(=O)(=O)n2c(C)c(SC(C)N(C)C)c3cc(F)ccc32)cc1. The maximum Gasteiger partial charge on any atom is 0.268 e. The molecule has 3 aromatic rings. The summed E-state index contributed by atoms with van der Waals surface area (Å²) in [6.07, 6.45) is 0. The fourth-order valence-electron chi connectivity index (χ4n) is 2.89. The van der Waals surface area contributed by atoms with E-state index in [9.17, 15) is 12.8 Å². The number of thioether (sulfide) groups is 1. The van der Waals surface area contributed by atoms with Crippen molar-refractivity contribution >= 4 is 32.7 Å². The van der Waals surface area contributed by atoms with Crippen LogP contribution in [-0.2, 0) is 10.0 Å². The minimum atomic E-state index is -3.79. The van der Waals surface area contributed by atoms with Crippen LogP contribution in [0.1, 0.15) is 18.2 Å². The van der Waals surface area contributed by atoms with E-state index in [0.717, 1.165) is 10.5 Å². The van der Waals surface area contributed by atoms with E-state index in [2.05, 4.69) is 0 Å². The number of aromatic nitrogens is 1. The van der Waals surface area contributed by atoms with Crippen molar-refractivity contribution < 1.29 is 12.8 Å². The molecule has 27 heavy (non-hydrogen) atoms. The fourth-order valence-corrected chi connectivity index (χ4v) is 5.61. The Kier molecular flexibility index (Phi) is 5.38. The third-order valence-corrected chi connectivity index (χ3v) is 7.96. The van der Waals surface area contributed by atoms with E-state index >= 15 is 0 Å². The lowest BCUT2D eigenvalue weighted by molar-refractivity contribution is 0.402. The second-order valence-corrected chi connectivity index (χ2v) is 9.95. The molecule has 2 aromatic carbocycles. The lowest BCUT2D eigenvalue weighted by atomic mass is 10.2. The van der Waals surface area contributed by atoms with E-state index in [1.807, 2.05) is 32.8 Å². The highest BCUT2D eigenvalue weighted by atomic mass is 32.2. The molecule has 0 spiro atoms. The van der Waals surface area contributed by atoms with Gasteiger partial charge >= 0.3 is 0 Å². The van der Waals surface area contributed by atoms with Gasteiger partial charge < -0.3 is 0 Å². The molecule has 0 saturated carbocycles. The Morgan fingerprint density at radius 3 is 2.30 bits per heavy atom. The molecule has 0 radical (unpaired) electrons. The molecule has 0 saturated heterocycles. The van der Waals surface area contributed by atoms with Crippen LogP contribution in [0.4, 0.5) is 4.39 Å². The molecule has 0 aliphatic carbocycles. The van der Waals surface area contributed by atoms with Crippen LogP contribution in [0.5, 0.6) is 0 Å². The zero-order valence-corrected chi connectivity index (χ0v) is 17.7. The predicted octanol–water partition coefficient (Wildman–Crippen LogP) is 4.63. The molecule has 3 rings (SSSR count). The van der Waals surface area contributed by atoms with Crippen molar-refractivity contribution in [2.45, 2.75) is 35.9 Å². The van der Waals surface area contributed by atoms with Gasteiger partial charge in [-0.25, -0.2) is 16.8 Å². The molecular weight excluding hydrogens is 383 g/mol. The van der Waals surface area contributed by atoms with Crippen LogP contribution in [0.3, 0.4) is 0 Å². The van der Waals surface area contributed by atoms with Crippen LogP contribution in [0.2, 0.25) is 0 Å². The van der Waals surface area contributed by atoms with Crippen LogP contribution in [0, 0.1) is 19.7 Å². The van der Waals surface area contributed by atoms with Crippen molar-refractivity contribution in [3.05, 3.63) is 59.5 Å². The van der Waals surface area contributed by atoms with E-state index < -0.39 is 10.0 Å². The molecule has 1 aromatic heterocycles. The number of nitrogens with zero attached hydrogens (tertiary/aromatic N) is 2.